The van der Waals surface area contributed by atoms with Gasteiger partial charge < -0.3 is 9.64 Å². The zero-order valence-electron chi connectivity index (χ0n) is 19.6. The highest BCUT2D eigenvalue weighted by molar-refractivity contribution is 6.09. The first kappa shape index (κ1) is 23.6. The number of methoxy groups -OCH3 is 1. The maximum absolute atomic E-state index is 13.6. The summed E-state index contributed by atoms with van der Waals surface area (Å²) in [5.74, 6) is -3.18. The van der Waals surface area contributed by atoms with Crippen LogP contribution in [-0.2, 0) is 25.7 Å². The van der Waals surface area contributed by atoms with Gasteiger partial charge in [-0.15, -0.1) is 0 Å². The molecule has 2 aliphatic rings. The first-order chi connectivity index (χ1) is 16.3. The van der Waals surface area contributed by atoms with E-state index in [9.17, 15) is 19.2 Å². The lowest BCUT2D eigenvalue weighted by atomic mass is 9.78. The first-order valence-electron chi connectivity index (χ1n) is 11.4. The molecule has 2 aromatic rings. The summed E-state index contributed by atoms with van der Waals surface area (Å²) in [5.41, 5.74) is 0.0119. The van der Waals surface area contributed by atoms with E-state index < -0.39 is 35.3 Å². The van der Waals surface area contributed by atoms with Gasteiger partial charge in [0.15, 0.2) is 0 Å². The molecule has 2 heterocycles. The molecule has 3 amide bonds. The first-order valence-corrected chi connectivity index (χ1v) is 11.4. The quantitative estimate of drug-likeness (QED) is 0.497. The zero-order chi connectivity index (χ0) is 24.5. The van der Waals surface area contributed by atoms with Crippen molar-refractivity contribution in [2.24, 2.45) is 11.8 Å². The van der Waals surface area contributed by atoms with Crippen LogP contribution in [0.5, 0.6) is 0 Å². The van der Waals surface area contributed by atoms with Crippen LogP contribution in [0.25, 0.3) is 0 Å². The van der Waals surface area contributed by atoms with Crippen molar-refractivity contribution < 1.29 is 23.9 Å². The molecule has 2 aliphatic heterocycles. The van der Waals surface area contributed by atoms with Crippen molar-refractivity contribution in [2.75, 3.05) is 20.7 Å². The van der Waals surface area contributed by atoms with E-state index in [0.29, 0.717) is 5.56 Å². The highest BCUT2D eigenvalue weighted by Gasteiger charge is 2.67. The third-order valence-corrected chi connectivity index (χ3v) is 6.98. The number of carbonyl (C=O) groups is 4. The molecule has 2 fully saturated rings. The monoisotopic (exact) mass is 463 g/mol. The maximum atomic E-state index is 13.6. The highest BCUT2D eigenvalue weighted by Crippen LogP contribution is 2.45. The standard InChI is InChI=1S/C26H29N3O5/c1-4-26(25(33)34-3)21-20(23(31)29(24(21)32)15-17-11-7-5-8-12-17)19(27-26)16-28(2)22(30)18-13-9-6-10-14-18/h5-14,19-21,27H,4,15-16H2,1-3H3/t19-,20+,21-,26-/m1/s1. The van der Waals surface area contributed by atoms with Gasteiger partial charge >= 0.3 is 5.97 Å². The van der Waals surface area contributed by atoms with E-state index in [4.69, 9.17) is 4.74 Å². The fraction of sp³-hybridized carbons (Fsp3) is 0.385. The molecule has 2 aromatic carbocycles. The molecule has 2 saturated heterocycles. The number of likely N-dealkylation sites (tertiary alicyclic amines) is 1. The van der Waals surface area contributed by atoms with E-state index in [1.54, 1.807) is 38.2 Å². The molecule has 8 heteroatoms. The van der Waals surface area contributed by atoms with E-state index in [0.717, 1.165) is 5.56 Å². The molecule has 0 aliphatic carbocycles. The third kappa shape index (κ3) is 3.88. The molecule has 0 saturated carbocycles. The van der Waals surface area contributed by atoms with Crippen molar-refractivity contribution in [3.05, 3.63) is 71.8 Å². The second kappa shape index (κ2) is 9.38. The van der Waals surface area contributed by atoms with Crippen molar-refractivity contribution in [3.8, 4) is 0 Å². The average Bonchev–Trinajstić information content (AvgIpc) is 3.33. The number of benzene rings is 2. The minimum absolute atomic E-state index is 0.137. The van der Waals surface area contributed by atoms with Gasteiger partial charge in [0.2, 0.25) is 11.8 Å². The van der Waals surface area contributed by atoms with Crippen molar-refractivity contribution in [3.63, 3.8) is 0 Å². The summed E-state index contributed by atoms with van der Waals surface area (Å²) < 4.78 is 5.08. The van der Waals surface area contributed by atoms with Crippen LogP contribution in [0.15, 0.2) is 60.7 Å². The van der Waals surface area contributed by atoms with Crippen molar-refractivity contribution in [1.82, 2.24) is 15.1 Å². The number of hydrogen-bond acceptors (Lipinski definition) is 6. The predicted octanol–water partition coefficient (Wildman–Crippen LogP) is 1.85. The molecule has 1 N–H and O–H groups in total. The van der Waals surface area contributed by atoms with Crippen LogP contribution in [0.2, 0.25) is 0 Å². The number of fused-ring (bicyclic) bond motifs is 1. The number of rotatable bonds is 7. The van der Waals surface area contributed by atoms with Crippen LogP contribution in [0.3, 0.4) is 0 Å². The summed E-state index contributed by atoms with van der Waals surface area (Å²) >= 11 is 0. The molecular weight excluding hydrogens is 434 g/mol. The van der Waals surface area contributed by atoms with E-state index >= 15 is 0 Å². The zero-order valence-corrected chi connectivity index (χ0v) is 19.6. The number of ether oxygens (including phenoxy) is 1. The fourth-order valence-corrected chi connectivity index (χ4v) is 5.28. The van der Waals surface area contributed by atoms with Gasteiger partial charge in [0, 0.05) is 25.2 Å². The molecule has 4 atom stereocenters. The van der Waals surface area contributed by atoms with E-state index in [1.165, 1.54) is 16.9 Å². The lowest BCUT2D eigenvalue weighted by Gasteiger charge is -2.32. The van der Waals surface area contributed by atoms with Crippen LogP contribution in [0.1, 0.15) is 29.3 Å². The Morgan fingerprint density at radius 2 is 1.65 bits per heavy atom. The number of nitrogens with one attached hydrogen (secondary N) is 1. The summed E-state index contributed by atoms with van der Waals surface area (Å²) in [4.78, 5) is 55.8. The molecule has 0 aromatic heterocycles. The molecule has 0 radical (unpaired) electrons. The van der Waals surface area contributed by atoms with E-state index in [2.05, 4.69) is 5.32 Å². The second-order valence-corrected chi connectivity index (χ2v) is 8.87. The number of likely N-dealkylation sites (N-methyl/N-ethyl adjacent to an activating group) is 1. The SMILES string of the molecule is CC[C@@]1(C(=O)OC)N[C@H](CN(C)C(=O)c2ccccc2)[C@@H]2C(=O)N(Cc3ccccc3)C(=O)[C@@H]21. The minimum atomic E-state index is -1.33. The van der Waals surface area contributed by atoms with E-state index in [-0.39, 0.29) is 31.3 Å². The number of hydrogen-bond donors (Lipinski definition) is 1. The van der Waals surface area contributed by atoms with Crippen LogP contribution < -0.4 is 5.32 Å². The summed E-state index contributed by atoms with van der Waals surface area (Å²) in [6.07, 6.45) is 0.270. The number of esters is 1. The van der Waals surface area contributed by atoms with Gasteiger partial charge in [0.25, 0.3) is 5.91 Å². The van der Waals surface area contributed by atoms with Gasteiger partial charge in [-0.2, -0.15) is 0 Å². The van der Waals surface area contributed by atoms with Gasteiger partial charge in [-0.3, -0.25) is 29.4 Å². The lowest BCUT2D eigenvalue weighted by molar-refractivity contribution is -0.154. The predicted molar refractivity (Wildman–Crippen MR) is 124 cm³/mol. The molecule has 178 valence electrons. The molecule has 0 spiro atoms. The Kier molecular flexibility index (Phi) is 6.52. The summed E-state index contributed by atoms with van der Waals surface area (Å²) in [5, 5.41) is 3.25. The van der Waals surface area contributed by atoms with Crippen LogP contribution in [0, 0.1) is 11.8 Å². The Hall–Kier alpha value is -3.52. The average molecular weight is 464 g/mol. The van der Waals surface area contributed by atoms with Gasteiger partial charge in [-0.1, -0.05) is 55.5 Å². The van der Waals surface area contributed by atoms with Crippen molar-refractivity contribution >= 4 is 23.7 Å². The molecule has 4 rings (SSSR count). The number of imide groups is 1. The fourth-order valence-electron chi connectivity index (χ4n) is 5.28. The summed E-state index contributed by atoms with van der Waals surface area (Å²) in [6, 6.07) is 17.5. The number of carbonyl (C=O) groups excluding carboxylic acids is 4. The Morgan fingerprint density at radius 3 is 2.24 bits per heavy atom. The molecule has 0 unspecified atom stereocenters. The normalized spacial score (nSPS) is 25.9. The molecule has 0 bridgehead atoms. The summed E-state index contributed by atoms with van der Waals surface area (Å²) in [6.45, 7) is 2.09. The second-order valence-electron chi connectivity index (χ2n) is 8.87. The molecule has 34 heavy (non-hydrogen) atoms. The summed E-state index contributed by atoms with van der Waals surface area (Å²) in [7, 11) is 2.93. The van der Waals surface area contributed by atoms with Gasteiger partial charge in [-0.25, -0.2) is 0 Å². The van der Waals surface area contributed by atoms with Crippen LogP contribution in [-0.4, -0.2) is 65.8 Å². The number of nitrogens with zero attached hydrogens (tertiary/aromatic N) is 2. The van der Waals surface area contributed by atoms with E-state index in [1.807, 2.05) is 36.4 Å². The van der Waals surface area contributed by atoms with Crippen molar-refractivity contribution in [1.29, 1.82) is 0 Å². The molecule has 8 nitrogen and oxygen atoms in total. The maximum Gasteiger partial charge on any atom is 0.326 e. The van der Waals surface area contributed by atoms with Crippen LogP contribution >= 0.6 is 0 Å². The highest BCUT2D eigenvalue weighted by atomic mass is 16.5. The topological polar surface area (TPSA) is 96.0 Å². The minimum Gasteiger partial charge on any atom is -0.468 e. The third-order valence-electron chi connectivity index (χ3n) is 6.98. The smallest absolute Gasteiger partial charge is 0.326 e. The van der Waals surface area contributed by atoms with Gasteiger partial charge in [0.1, 0.15) is 5.54 Å². The van der Waals surface area contributed by atoms with Crippen molar-refractivity contribution in [2.45, 2.75) is 31.5 Å². The van der Waals surface area contributed by atoms with Crippen LogP contribution in [0.4, 0.5) is 0 Å². The Labute approximate surface area is 198 Å². The van der Waals surface area contributed by atoms with Gasteiger partial charge in [0.05, 0.1) is 25.5 Å². The molecular formula is C26H29N3O5. The van der Waals surface area contributed by atoms with Gasteiger partial charge in [-0.05, 0) is 24.1 Å². The number of amides is 3. The Morgan fingerprint density at radius 1 is 1.03 bits per heavy atom. The largest absolute Gasteiger partial charge is 0.468 e. The lowest BCUT2D eigenvalue weighted by Crippen LogP contribution is -2.58. The Bertz CT molecular complexity index is 1090. The Balaban J connectivity index is 1.65.